The molecule has 1 aromatic carbocycles. The molecule has 0 aromatic heterocycles. The molecule has 0 heterocycles. The van der Waals surface area contributed by atoms with E-state index in [0.29, 0.717) is 23.5 Å². The Hall–Kier alpha value is -1.76. The molecule has 0 saturated heterocycles. The summed E-state index contributed by atoms with van der Waals surface area (Å²) in [5.41, 5.74) is -0.0402. The van der Waals surface area contributed by atoms with E-state index < -0.39 is 21.7 Å². The minimum Gasteiger partial charge on any atom is -0.481 e. The third kappa shape index (κ3) is 4.62. The summed E-state index contributed by atoms with van der Waals surface area (Å²) < 4.78 is 11.8. The summed E-state index contributed by atoms with van der Waals surface area (Å²) in [5.74, 6) is -0.499. The highest BCUT2D eigenvalue weighted by molar-refractivity contribution is 7.85. The van der Waals surface area contributed by atoms with Crippen LogP contribution in [-0.4, -0.2) is 26.0 Å². The quantitative estimate of drug-likeness (QED) is 0.464. The fraction of sp³-hybridized carbons (Fsp3) is 0.364. The molecule has 0 aliphatic rings. The molecule has 6 nitrogen and oxygen atoms in total. The summed E-state index contributed by atoms with van der Waals surface area (Å²) in [6.07, 6.45) is 1.10. The van der Waals surface area contributed by atoms with Gasteiger partial charge in [0.05, 0.1) is 15.7 Å². The van der Waals surface area contributed by atoms with Crippen LogP contribution >= 0.6 is 0 Å². The lowest BCUT2D eigenvalue weighted by atomic mass is 10.2. The molecule has 1 rings (SSSR count). The van der Waals surface area contributed by atoms with Crippen molar-refractivity contribution in [3.63, 3.8) is 0 Å². The molecule has 0 bridgehead atoms. The van der Waals surface area contributed by atoms with Gasteiger partial charge in [-0.15, -0.1) is 0 Å². The average Bonchev–Trinajstić information content (AvgIpc) is 2.34. The number of unbranched alkanes of at least 4 members (excludes halogenated alkanes) is 1. The Morgan fingerprint density at radius 2 is 1.89 bits per heavy atom. The van der Waals surface area contributed by atoms with Crippen LogP contribution in [0.15, 0.2) is 29.2 Å². The Bertz CT molecular complexity index is 457. The summed E-state index contributed by atoms with van der Waals surface area (Å²) >= 11 is 0. The summed E-state index contributed by atoms with van der Waals surface area (Å²) in [4.78, 5) is 20.7. The van der Waals surface area contributed by atoms with Crippen molar-refractivity contribution in [1.82, 2.24) is 0 Å². The third-order valence-corrected chi connectivity index (χ3v) is 3.74. The molecular weight excluding hydrogens is 258 g/mol. The van der Waals surface area contributed by atoms with Crippen LogP contribution in [0.3, 0.4) is 0 Å². The van der Waals surface area contributed by atoms with E-state index in [0.717, 1.165) is 0 Å². The Balaban J connectivity index is 2.46. The first-order valence-electron chi connectivity index (χ1n) is 5.35. The highest BCUT2D eigenvalue weighted by Gasteiger charge is 2.08. The Kier molecular flexibility index (Phi) is 5.44. The molecule has 1 N–H and O–H groups in total. The van der Waals surface area contributed by atoms with E-state index >= 15 is 0 Å². The standard InChI is InChI=1S/C11H13NO5S/c13-11(14)3-1-2-8-18(17)10-6-4-9(5-7-10)12(15)16/h4-7H,1-3,8H2,(H,13,14). The van der Waals surface area contributed by atoms with Crippen molar-refractivity contribution in [2.75, 3.05) is 5.75 Å². The van der Waals surface area contributed by atoms with Crippen molar-refractivity contribution in [3.8, 4) is 0 Å². The van der Waals surface area contributed by atoms with Crippen molar-refractivity contribution >= 4 is 22.5 Å². The largest absolute Gasteiger partial charge is 0.481 e. The number of hydrogen-bond donors (Lipinski definition) is 1. The molecule has 0 spiro atoms. The smallest absolute Gasteiger partial charge is 0.303 e. The van der Waals surface area contributed by atoms with E-state index in [1.807, 2.05) is 0 Å². The first-order chi connectivity index (χ1) is 8.50. The first-order valence-corrected chi connectivity index (χ1v) is 6.67. The van der Waals surface area contributed by atoms with Crippen LogP contribution in [0, 0.1) is 10.1 Å². The topological polar surface area (TPSA) is 97.5 Å². The molecule has 0 fully saturated rings. The number of nitrogens with zero attached hydrogens (tertiary/aromatic N) is 1. The second-order valence-electron chi connectivity index (χ2n) is 3.65. The zero-order valence-electron chi connectivity index (χ0n) is 9.57. The molecule has 98 valence electrons. The van der Waals surface area contributed by atoms with E-state index in [1.165, 1.54) is 24.3 Å². The Labute approximate surface area is 106 Å². The van der Waals surface area contributed by atoms with Gasteiger partial charge in [0.2, 0.25) is 0 Å². The fourth-order valence-corrected chi connectivity index (χ4v) is 2.49. The molecule has 0 aliphatic heterocycles. The van der Waals surface area contributed by atoms with Crippen LogP contribution in [0.25, 0.3) is 0 Å². The van der Waals surface area contributed by atoms with Gasteiger partial charge < -0.3 is 5.11 Å². The van der Waals surface area contributed by atoms with Crippen LogP contribution in [0.2, 0.25) is 0 Å². The van der Waals surface area contributed by atoms with Gasteiger partial charge in [0.25, 0.3) is 5.69 Å². The number of benzene rings is 1. The van der Waals surface area contributed by atoms with E-state index in [2.05, 4.69) is 0 Å². The van der Waals surface area contributed by atoms with Gasteiger partial charge in [0.15, 0.2) is 0 Å². The predicted octanol–water partition coefficient (Wildman–Crippen LogP) is 1.96. The van der Waals surface area contributed by atoms with Gasteiger partial charge in [-0.25, -0.2) is 0 Å². The second-order valence-corrected chi connectivity index (χ2v) is 5.22. The summed E-state index contributed by atoms with van der Waals surface area (Å²) in [6.45, 7) is 0. The lowest BCUT2D eigenvalue weighted by molar-refractivity contribution is -0.384. The lowest BCUT2D eigenvalue weighted by Gasteiger charge is -2.01. The maximum atomic E-state index is 11.8. The molecule has 0 saturated carbocycles. The van der Waals surface area contributed by atoms with Gasteiger partial charge in [-0.3, -0.25) is 19.1 Å². The van der Waals surface area contributed by atoms with E-state index in [4.69, 9.17) is 5.11 Å². The van der Waals surface area contributed by atoms with Crippen molar-refractivity contribution in [1.29, 1.82) is 0 Å². The monoisotopic (exact) mass is 271 g/mol. The lowest BCUT2D eigenvalue weighted by Crippen LogP contribution is -2.01. The molecule has 7 heteroatoms. The molecule has 1 unspecified atom stereocenters. The number of hydrogen-bond acceptors (Lipinski definition) is 4. The van der Waals surface area contributed by atoms with Crippen molar-refractivity contribution in [2.24, 2.45) is 0 Å². The number of rotatable bonds is 7. The zero-order chi connectivity index (χ0) is 13.5. The van der Waals surface area contributed by atoms with E-state index in [1.54, 1.807) is 0 Å². The van der Waals surface area contributed by atoms with Crippen LogP contribution in [0.1, 0.15) is 19.3 Å². The maximum Gasteiger partial charge on any atom is 0.303 e. The van der Waals surface area contributed by atoms with Gasteiger partial charge in [-0.2, -0.15) is 0 Å². The molecule has 0 aliphatic carbocycles. The molecule has 1 aromatic rings. The molecule has 0 radical (unpaired) electrons. The molecule has 18 heavy (non-hydrogen) atoms. The SMILES string of the molecule is O=C(O)CCCCS(=O)c1ccc([N+](=O)[O-])cc1. The Morgan fingerprint density at radius 3 is 2.39 bits per heavy atom. The van der Waals surface area contributed by atoms with Crippen LogP contribution in [0.5, 0.6) is 0 Å². The number of carbonyl (C=O) groups is 1. The third-order valence-electron chi connectivity index (χ3n) is 2.28. The molecular formula is C11H13NO5S. The van der Waals surface area contributed by atoms with Gasteiger partial charge >= 0.3 is 5.97 Å². The number of non-ortho nitro benzene ring substituents is 1. The second kappa shape index (κ2) is 6.85. The average molecular weight is 271 g/mol. The van der Waals surface area contributed by atoms with E-state index in [9.17, 15) is 19.1 Å². The van der Waals surface area contributed by atoms with Gasteiger partial charge in [0.1, 0.15) is 0 Å². The summed E-state index contributed by atoms with van der Waals surface area (Å²) in [6, 6.07) is 5.55. The van der Waals surface area contributed by atoms with Crippen molar-refractivity contribution in [3.05, 3.63) is 34.4 Å². The molecule has 0 amide bonds. The highest BCUT2D eigenvalue weighted by Crippen LogP contribution is 2.15. The minimum atomic E-state index is -1.24. The van der Waals surface area contributed by atoms with Gasteiger partial charge in [-0.05, 0) is 25.0 Å². The zero-order valence-corrected chi connectivity index (χ0v) is 10.4. The van der Waals surface area contributed by atoms with Gasteiger partial charge in [-0.1, -0.05) is 0 Å². The fourth-order valence-electron chi connectivity index (χ4n) is 1.35. The number of nitro benzene ring substituents is 1. The van der Waals surface area contributed by atoms with Crippen LogP contribution in [-0.2, 0) is 15.6 Å². The first kappa shape index (κ1) is 14.3. The highest BCUT2D eigenvalue weighted by atomic mass is 32.2. The number of aliphatic carboxylic acids is 1. The van der Waals surface area contributed by atoms with Crippen molar-refractivity contribution in [2.45, 2.75) is 24.2 Å². The van der Waals surface area contributed by atoms with Gasteiger partial charge in [0, 0.05) is 29.2 Å². The number of nitro groups is 1. The maximum absolute atomic E-state index is 11.8. The minimum absolute atomic E-state index is 0.0402. The van der Waals surface area contributed by atoms with Crippen molar-refractivity contribution < 1.29 is 19.0 Å². The van der Waals surface area contributed by atoms with E-state index in [-0.39, 0.29) is 12.1 Å². The van der Waals surface area contributed by atoms with Crippen LogP contribution < -0.4 is 0 Å². The predicted molar refractivity (Wildman–Crippen MR) is 65.9 cm³/mol. The summed E-state index contributed by atoms with van der Waals surface area (Å²) in [5, 5.41) is 18.9. The normalized spacial score (nSPS) is 12.0. The number of carboxylic acid groups (broad SMARTS) is 1. The van der Waals surface area contributed by atoms with Crippen LogP contribution in [0.4, 0.5) is 5.69 Å². The Morgan fingerprint density at radius 1 is 1.28 bits per heavy atom. The molecule has 1 atom stereocenters. The summed E-state index contributed by atoms with van der Waals surface area (Å²) in [7, 11) is -1.24. The number of carboxylic acids is 1.